The number of hydrogen-bond donors (Lipinski definition) is 1. The van der Waals surface area contributed by atoms with E-state index in [0.717, 1.165) is 16.8 Å². The van der Waals surface area contributed by atoms with Gasteiger partial charge in [-0.25, -0.2) is 14.7 Å². The summed E-state index contributed by atoms with van der Waals surface area (Å²) in [5, 5.41) is 7.62. The molecule has 0 saturated heterocycles. The summed E-state index contributed by atoms with van der Waals surface area (Å²) in [5.74, 6) is 0.504. The molecule has 3 aromatic carbocycles. The molecule has 1 atom stereocenters. The van der Waals surface area contributed by atoms with Gasteiger partial charge < -0.3 is 10.1 Å². The summed E-state index contributed by atoms with van der Waals surface area (Å²) in [6.45, 7) is 0.489. The predicted molar refractivity (Wildman–Crippen MR) is 123 cm³/mol. The van der Waals surface area contributed by atoms with Gasteiger partial charge >= 0.3 is 6.18 Å². The van der Waals surface area contributed by atoms with Crippen LogP contribution in [-0.2, 0) is 11.2 Å². The number of aliphatic imine (C=N–C) groups is 1. The molecule has 6 nitrogen and oxygen atoms in total. The number of halogens is 3. The molecule has 0 saturated carbocycles. The van der Waals surface area contributed by atoms with E-state index >= 15 is 0 Å². The largest absolute Gasteiger partial charge is 0.462 e. The molecule has 34 heavy (non-hydrogen) atoms. The van der Waals surface area contributed by atoms with Crippen LogP contribution < -0.4 is 5.32 Å². The molecule has 2 heterocycles. The first-order valence-corrected chi connectivity index (χ1v) is 10.6. The fraction of sp³-hybridized carbons (Fsp3) is 0.160. The molecule has 0 amide bonds. The van der Waals surface area contributed by atoms with Gasteiger partial charge in [0.1, 0.15) is 19.0 Å². The first kappa shape index (κ1) is 21.7. The Labute approximate surface area is 193 Å². The van der Waals surface area contributed by atoms with E-state index in [1.807, 2.05) is 54.6 Å². The van der Waals surface area contributed by atoms with E-state index < -0.39 is 12.6 Å². The Bertz CT molecular complexity index is 1280. The third-order valence-corrected chi connectivity index (χ3v) is 5.33. The van der Waals surface area contributed by atoms with Gasteiger partial charge in [-0.05, 0) is 47.5 Å². The van der Waals surface area contributed by atoms with E-state index in [0.29, 0.717) is 24.1 Å². The van der Waals surface area contributed by atoms with Crippen molar-refractivity contribution in [3.05, 3.63) is 96.3 Å². The molecule has 0 bridgehead atoms. The monoisotopic (exact) mass is 463 g/mol. The SMILES string of the molecule is FC(F)(F)Cc1ccc(-n2cnc(-c3ccc(NC4=N[C@@H](c5ccccc5)CO4)cc3)n2)cc1. The highest BCUT2D eigenvalue weighted by Crippen LogP contribution is 2.25. The Morgan fingerprint density at radius 2 is 1.68 bits per heavy atom. The Kier molecular flexibility index (Phi) is 5.75. The maximum Gasteiger partial charge on any atom is 0.393 e. The van der Waals surface area contributed by atoms with Gasteiger partial charge in [0, 0.05) is 11.3 Å². The fourth-order valence-electron chi connectivity index (χ4n) is 3.63. The van der Waals surface area contributed by atoms with Crippen LogP contribution in [0.3, 0.4) is 0 Å². The summed E-state index contributed by atoms with van der Waals surface area (Å²) in [6.07, 6.45) is -3.66. The quantitative estimate of drug-likeness (QED) is 0.420. The second kappa shape index (κ2) is 9.01. The average molecular weight is 463 g/mol. The molecule has 0 radical (unpaired) electrons. The van der Waals surface area contributed by atoms with Crippen LogP contribution in [0.15, 0.2) is 90.2 Å². The first-order valence-electron chi connectivity index (χ1n) is 10.6. The smallest absolute Gasteiger partial charge is 0.393 e. The van der Waals surface area contributed by atoms with Gasteiger partial charge in [-0.2, -0.15) is 13.2 Å². The number of benzene rings is 3. The van der Waals surface area contributed by atoms with Crippen LogP contribution in [0.25, 0.3) is 17.1 Å². The Hall–Kier alpha value is -4.14. The van der Waals surface area contributed by atoms with Gasteiger partial charge in [0.15, 0.2) is 5.82 Å². The summed E-state index contributed by atoms with van der Waals surface area (Å²) < 4.78 is 44.8. The standard InChI is InChI=1S/C25H20F3N5O/c26-25(27,28)14-17-6-12-21(13-7-17)33-16-29-23(32-33)19-8-10-20(11-9-19)30-24-31-22(15-34-24)18-4-2-1-3-5-18/h1-13,16,22H,14-15H2,(H,30,31)/t22-/m1/s1. The van der Waals surface area contributed by atoms with Crippen LogP contribution in [-0.4, -0.2) is 33.6 Å². The Morgan fingerprint density at radius 3 is 2.38 bits per heavy atom. The number of aromatic nitrogens is 3. The number of nitrogens with one attached hydrogen (secondary N) is 1. The normalized spacial score (nSPS) is 15.6. The van der Waals surface area contributed by atoms with Crippen LogP contribution in [0.1, 0.15) is 17.2 Å². The molecule has 1 N–H and O–H groups in total. The zero-order valence-electron chi connectivity index (χ0n) is 17.9. The van der Waals surface area contributed by atoms with Crippen LogP contribution in [0.4, 0.5) is 18.9 Å². The predicted octanol–water partition coefficient (Wildman–Crippen LogP) is 5.58. The number of alkyl halides is 3. The van der Waals surface area contributed by atoms with Gasteiger partial charge in [-0.1, -0.05) is 42.5 Å². The molecule has 1 aromatic heterocycles. The molecule has 1 aliphatic heterocycles. The van der Waals surface area contributed by atoms with Crippen molar-refractivity contribution in [1.29, 1.82) is 0 Å². The van der Waals surface area contributed by atoms with Crippen molar-refractivity contribution in [2.75, 3.05) is 11.9 Å². The van der Waals surface area contributed by atoms with E-state index in [-0.39, 0.29) is 11.6 Å². The summed E-state index contributed by atoms with van der Waals surface area (Å²) >= 11 is 0. The topological polar surface area (TPSA) is 64.3 Å². The van der Waals surface area contributed by atoms with Crippen LogP contribution in [0.2, 0.25) is 0 Å². The van der Waals surface area contributed by atoms with E-state index in [2.05, 4.69) is 20.4 Å². The minimum atomic E-state index is -4.23. The molecule has 1 aliphatic rings. The lowest BCUT2D eigenvalue weighted by atomic mass is 10.1. The minimum Gasteiger partial charge on any atom is -0.462 e. The maximum atomic E-state index is 12.5. The highest BCUT2D eigenvalue weighted by molar-refractivity contribution is 5.90. The third kappa shape index (κ3) is 5.09. The third-order valence-electron chi connectivity index (χ3n) is 5.33. The summed E-state index contributed by atoms with van der Waals surface area (Å²) in [6, 6.07) is 24.0. The van der Waals surface area contributed by atoms with Crippen LogP contribution in [0.5, 0.6) is 0 Å². The van der Waals surface area contributed by atoms with E-state index in [1.54, 1.807) is 12.1 Å². The lowest BCUT2D eigenvalue weighted by Crippen LogP contribution is -2.11. The van der Waals surface area contributed by atoms with Gasteiger partial charge in [-0.15, -0.1) is 5.10 Å². The molecule has 0 unspecified atom stereocenters. The van der Waals surface area contributed by atoms with Crippen molar-refractivity contribution < 1.29 is 17.9 Å². The highest BCUT2D eigenvalue weighted by Gasteiger charge is 2.27. The van der Waals surface area contributed by atoms with E-state index in [1.165, 1.54) is 23.1 Å². The number of anilines is 1. The van der Waals surface area contributed by atoms with Crippen molar-refractivity contribution in [1.82, 2.24) is 14.8 Å². The minimum absolute atomic E-state index is 0.0290. The lowest BCUT2D eigenvalue weighted by molar-refractivity contribution is -0.127. The van der Waals surface area contributed by atoms with Crippen LogP contribution in [0, 0.1) is 0 Å². The van der Waals surface area contributed by atoms with Gasteiger partial charge in [0.2, 0.25) is 0 Å². The molecular formula is C25H20F3N5O. The molecule has 0 fully saturated rings. The molecule has 172 valence electrons. The molecule has 0 aliphatic carbocycles. The zero-order valence-corrected chi connectivity index (χ0v) is 17.9. The molecule has 4 aromatic rings. The summed E-state index contributed by atoms with van der Waals surface area (Å²) in [5.41, 5.74) is 3.55. The lowest BCUT2D eigenvalue weighted by Gasteiger charge is -2.07. The van der Waals surface area contributed by atoms with Crippen molar-refractivity contribution in [3.8, 4) is 17.1 Å². The molecule has 9 heteroatoms. The fourth-order valence-corrected chi connectivity index (χ4v) is 3.63. The number of hydrogen-bond acceptors (Lipinski definition) is 5. The van der Waals surface area contributed by atoms with E-state index in [9.17, 15) is 13.2 Å². The Balaban J connectivity index is 1.24. The first-order chi connectivity index (χ1) is 16.4. The highest BCUT2D eigenvalue weighted by atomic mass is 19.4. The zero-order chi connectivity index (χ0) is 23.5. The Morgan fingerprint density at radius 1 is 0.941 bits per heavy atom. The van der Waals surface area contributed by atoms with Gasteiger partial charge in [0.25, 0.3) is 6.02 Å². The number of nitrogens with zero attached hydrogens (tertiary/aromatic N) is 4. The van der Waals surface area contributed by atoms with Gasteiger partial charge in [-0.3, -0.25) is 0 Å². The van der Waals surface area contributed by atoms with Crippen molar-refractivity contribution in [3.63, 3.8) is 0 Å². The van der Waals surface area contributed by atoms with Crippen LogP contribution >= 0.6 is 0 Å². The average Bonchev–Trinajstić information content (AvgIpc) is 3.50. The summed E-state index contributed by atoms with van der Waals surface area (Å²) in [7, 11) is 0. The number of amidine groups is 1. The second-order valence-electron chi connectivity index (χ2n) is 7.85. The molecular weight excluding hydrogens is 443 g/mol. The second-order valence-corrected chi connectivity index (χ2v) is 7.85. The molecule has 5 rings (SSSR count). The maximum absolute atomic E-state index is 12.5. The van der Waals surface area contributed by atoms with E-state index in [4.69, 9.17) is 4.74 Å². The van der Waals surface area contributed by atoms with Crippen molar-refractivity contribution in [2.24, 2.45) is 4.99 Å². The summed E-state index contributed by atoms with van der Waals surface area (Å²) in [4.78, 5) is 8.91. The number of rotatable bonds is 5. The van der Waals surface area contributed by atoms with Gasteiger partial charge in [0.05, 0.1) is 12.1 Å². The molecule has 0 spiro atoms. The van der Waals surface area contributed by atoms with Crippen molar-refractivity contribution in [2.45, 2.75) is 18.6 Å². The number of ether oxygens (including phenoxy) is 1. The van der Waals surface area contributed by atoms with Crippen molar-refractivity contribution >= 4 is 11.7 Å².